The van der Waals surface area contributed by atoms with E-state index in [9.17, 15) is 0 Å². The minimum atomic E-state index is 0.630. The molecule has 2 aliphatic heterocycles. The van der Waals surface area contributed by atoms with Gasteiger partial charge in [-0.25, -0.2) is 0 Å². The molecule has 0 radical (unpaired) electrons. The van der Waals surface area contributed by atoms with Gasteiger partial charge in [-0.1, -0.05) is 18.2 Å². The molecule has 1 N–H and O–H groups in total. The third-order valence-corrected chi connectivity index (χ3v) is 4.43. The molecular formula is C18H26N4O. The highest BCUT2D eigenvalue weighted by molar-refractivity contribution is 5.80. The molecule has 0 spiro atoms. The van der Waals surface area contributed by atoms with E-state index in [0.29, 0.717) is 6.04 Å². The van der Waals surface area contributed by atoms with Crippen molar-refractivity contribution in [3.8, 4) is 0 Å². The minimum absolute atomic E-state index is 0.630. The Labute approximate surface area is 138 Å². The van der Waals surface area contributed by atoms with E-state index in [2.05, 4.69) is 33.8 Å². The van der Waals surface area contributed by atoms with Gasteiger partial charge in [0.05, 0.1) is 6.26 Å². The summed E-state index contributed by atoms with van der Waals surface area (Å²) >= 11 is 0. The summed E-state index contributed by atoms with van der Waals surface area (Å²) in [5.41, 5.74) is 0. The van der Waals surface area contributed by atoms with E-state index < -0.39 is 0 Å². The fourth-order valence-corrected chi connectivity index (χ4v) is 3.18. The Morgan fingerprint density at radius 1 is 1.43 bits per heavy atom. The monoisotopic (exact) mass is 314 g/mol. The molecule has 3 heterocycles. The highest BCUT2D eigenvalue weighted by Crippen LogP contribution is 2.18. The molecule has 0 bridgehead atoms. The zero-order valence-electron chi connectivity index (χ0n) is 13.7. The van der Waals surface area contributed by atoms with Gasteiger partial charge in [-0.2, -0.15) is 0 Å². The average Bonchev–Trinajstić information content (AvgIpc) is 3.32. The lowest BCUT2D eigenvalue weighted by Gasteiger charge is -2.25. The predicted octanol–water partition coefficient (Wildman–Crippen LogP) is 1.90. The molecule has 0 amide bonds. The fourth-order valence-electron chi connectivity index (χ4n) is 3.18. The molecule has 124 valence electrons. The molecule has 0 aromatic carbocycles. The van der Waals surface area contributed by atoms with Gasteiger partial charge in [0, 0.05) is 51.7 Å². The molecule has 5 nitrogen and oxygen atoms in total. The van der Waals surface area contributed by atoms with Crippen LogP contribution in [0.2, 0.25) is 0 Å². The summed E-state index contributed by atoms with van der Waals surface area (Å²) in [5, 5.41) is 3.40. The van der Waals surface area contributed by atoms with Gasteiger partial charge in [0.1, 0.15) is 5.76 Å². The molecule has 0 aliphatic carbocycles. The van der Waals surface area contributed by atoms with E-state index in [1.165, 1.54) is 6.42 Å². The highest BCUT2D eigenvalue weighted by atomic mass is 16.3. The summed E-state index contributed by atoms with van der Waals surface area (Å²) in [6.45, 7) is 9.55. The maximum absolute atomic E-state index is 5.37. The van der Waals surface area contributed by atoms with Crippen LogP contribution in [-0.2, 0) is 6.42 Å². The first-order chi connectivity index (χ1) is 11.4. The van der Waals surface area contributed by atoms with Crippen LogP contribution < -0.4 is 5.32 Å². The maximum Gasteiger partial charge on any atom is 0.194 e. The number of hydrogen-bond acceptors (Lipinski definition) is 3. The number of hydrogen-bond donors (Lipinski definition) is 1. The van der Waals surface area contributed by atoms with Crippen molar-refractivity contribution in [2.75, 3.05) is 39.3 Å². The molecule has 1 unspecified atom stereocenters. The molecule has 2 aliphatic rings. The third kappa shape index (κ3) is 4.26. The molecule has 1 fully saturated rings. The van der Waals surface area contributed by atoms with Crippen LogP contribution in [0.1, 0.15) is 12.2 Å². The van der Waals surface area contributed by atoms with Gasteiger partial charge in [-0.3, -0.25) is 9.89 Å². The van der Waals surface area contributed by atoms with Crippen molar-refractivity contribution in [1.82, 2.24) is 15.1 Å². The van der Waals surface area contributed by atoms with Gasteiger partial charge >= 0.3 is 0 Å². The van der Waals surface area contributed by atoms with Crippen LogP contribution in [0.4, 0.5) is 0 Å². The quantitative estimate of drug-likeness (QED) is 0.495. The Kier molecular flexibility index (Phi) is 5.53. The summed E-state index contributed by atoms with van der Waals surface area (Å²) in [6, 6.07) is 4.55. The summed E-state index contributed by atoms with van der Waals surface area (Å²) in [6.07, 6.45) is 10.1. The molecular weight excluding hydrogens is 288 g/mol. The fraction of sp³-hybridized carbons (Fsp3) is 0.500. The van der Waals surface area contributed by atoms with Crippen LogP contribution in [0, 0.1) is 0 Å². The first-order valence-corrected chi connectivity index (χ1v) is 8.42. The average molecular weight is 314 g/mol. The first kappa shape index (κ1) is 15.9. The maximum atomic E-state index is 5.37. The Bertz CT molecular complexity index is 541. The summed E-state index contributed by atoms with van der Waals surface area (Å²) in [4.78, 5) is 9.67. The second-order valence-electron chi connectivity index (χ2n) is 6.02. The zero-order valence-corrected chi connectivity index (χ0v) is 13.7. The molecule has 23 heavy (non-hydrogen) atoms. The molecule has 5 heteroatoms. The lowest BCUT2D eigenvalue weighted by Crippen LogP contribution is -2.43. The van der Waals surface area contributed by atoms with E-state index in [1.807, 2.05) is 18.2 Å². The topological polar surface area (TPSA) is 44.0 Å². The lowest BCUT2D eigenvalue weighted by atomic mass is 10.2. The van der Waals surface area contributed by atoms with Crippen molar-refractivity contribution in [1.29, 1.82) is 0 Å². The molecule has 1 saturated heterocycles. The van der Waals surface area contributed by atoms with Gasteiger partial charge < -0.3 is 14.6 Å². The van der Waals surface area contributed by atoms with Gasteiger partial charge in [0.2, 0.25) is 0 Å². The Morgan fingerprint density at radius 3 is 3.04 bits per heavy atom. The Balaban J connectivity index is 1.55. The standard InChI is InChI=1S/C18H26N4O/c1-2-9-19-18(20-10-7-17-6-5-14-23-17)22-13-8-16(15-22)21-11-3-4-12-21/h2-6,14,16H,1,7-13,15H2,(H,19,20). The largest absolute Gasteiger partial charge is 0.469 e. The summed E-state index contributed by atoms with van der Waals surface area (Å²) < 4.78 is 5.37. The molecule has 1 aromatic rings. The van der Waals surface area contributed by atoms with Crippen LogP contribution in [-0.4, -0.2) is 61.1 Å². The zero-order chi connectivity index (χ0) is 15.9. The van der Waals surface area contributed by atoms with E-state index in [-0.39, 0.29) is 0 Å². The van der Waals surface area contributed by atoms with Crippen LogP contribution in [0.3, 0.4) is 0 Å². The Hall–Kier alpha value is -2.01. The number of nitrogens with zero attached hydrogens (tertiary/aromatic N) is 3. The van der Waals surface area contributed by atoms with Crippen LogP contribution in [0.15, 0.2) is 52.6 Å². The van der Waals surface area contributed by atoms with Crippen LogP contribution >= 0.6 is 0 Å². The van der Waals surface area contributed by atoms with Gasteiger partial charge in [0.15, 0.2) is 5.96 Å². The SMILES string of the molecule is C=CCNC(=NCCc1ccco1)N1CCC(N2CC=CC2)C1. The Morgan fingerprint density at radius 2 is 2.30 bits per heavy atom. The summed E-state index contributed by atoms with van der Waals surface area (Å²) in [7, 11) is 0. The molecule has 3 rings (SSSR count). The second-order valence-corrected chi connectivity index (χ2v) is 6.02. The lowest BCUT2D eigenvalue weighted by molar-refractivity contribution is 0.259. The second kappa shape index (κ2) is 8.02. The summed E-state index contributed by atoms with van der Waals surface area (Å²) in [5.74, 6) is 1.98. The first-order valence-electron chi connectivity index (χ1n) is 8.42. The molecule has 1 aromatic heterocycles. The van der Waals surface area contributed by atoms with Crippen molar-refractivity contribution in [3.63, 3.8) is 0 Å². The van der Waals surface area contributed by atoms with E-state index in [4.69, 9.17) is 9.41 Å². The number of rotatable bonds is 6. The third-order valence-electron chi connectivity index (χ3n) is 4.43. The number of furan rings is 1. The molecule has 0 saturated carbocycles. The smallest absolute Gasteiger partial charge is 0.194 e. The van der Waals surface area contributed by atoms with Gasteiger partial charge in [0.25, 0.3) is 0 Å². The van der Waals surface area contributed by atoms with Crippen molar-refractivity contribution >= 4 is 5.96 Å². The van der Waals surface area contributed by atoms with Crippen molar-refractivity contribution in [3.05, 3.63) is 49.0 Å². The van der Waals surface area contributed by atoms with E-state index >= 15 is 0 Å². The van der Waals surface area contributed by atoms with Gasteiger partial charge in [-0.05, 0) is 18.6 Å². The van der Waals surface area contributed by atoms with E-state index in [1.54, 1.807) is 6.26 Å². The molecule has 1 atom stereocenters. The predicted molar refractivity (Wildman–Crippen MR) is 93.6 cm³/mol. The van der Waals surface area contributed by atoms with Gasteiger partial charge in [-0.15, -0.1) is 6.58 Å². The minimum Gasteiger partial charge on any atom is -0.469 e. The number of nitrogens with one attached hydrogen (secondary N) is 1. The van der Waals surface area contributed by atoms with Crippen molar-refractivity contribution < 1.29 is 4.42 Å². The van der Waals surface area contributed by atoms with Crippen LogP contribution in [0.5, 0.6) is 0 Å². The number of likely N-dealkylation sites (tertiary alicyclic amines) is 1. The number of aliphatic imine (C=N–C) groups is 1. The highest BCUT2D eigenvalue weighted by Gasteiger charge is 2.29. The normalized spacial score (nSPS) is 22.0. The van der Waals surface area contributed by atoms with E-state index in [0.717, 1.165) is 57.4 Å². The number of guanidine groups is 1. The van der Waals surface area contributed by atoms with Crippen LogP contribution in [0.25, 0.3) is 0 Å². The van der Waals surface area contributed by atoms with Crippen molar-refractivity contribution in [2.45, 2.75) is 18.9 Å². The van der Waals surface area contributed by atoms with Crippen molar-refractivity contribution in [2.24, 2.45) is 4.99 Å².